The van der Waals surface area contributed by atoms with Gasteiger partial charge in [0.1, 0.15) is 5.65 Å². The summed E-state index contributed by atoms with van der Waals surface area (Å²) in [6.45, 7) is 17.8. The molecule has 0 fully saturated rings. The van der Waals surface area contributed by atoms with Gasteiger partial charge in [0, 0.05) is 40.2 Å². The van der Waals surface area contributed by atoms with Crippen LogP contribution in [0.2, 0.25) is 0 Å². The van der Waals surface area contributed by atoms with Crippen LogP contribution in [0.1, 0.15) is 64.8 Å². The number of aryl methyl sites for hydroxylation is 2. The number of hydrogen-bond acceptors (Lipinski definition) is 2. The first-order chi connectivity index (χ1) is 21.8. The summed E-state index contributed by atoms with van der Waals surface area (Å²) in [5, 5.41) is 7.44. The first-order valence-corrected chi connectivity index (χ1v) is 16.4. The Morgan fingerprint density at radius 1 is 0.717 bits per heavy atom. The number of aromatic nitrogens is 3. The van der Waals surface area contributed by atoms with Crippen LogP contribution in [-0.2, 0) is 17.8 Å². The van der Waals surface area contributed by atoms with Crippen LogP contribution in [0.4, 0.5) is 0 Å². The number of hydrogen-bond donors (Lipinski definition) is 0. The number of imidazole rings is 1. The third-order valence-corrected chi connectivity index (χ3v) is 8.42. The number of fused-ring (bicyclic) bond motifs is 9. The highest BCUT2D eigenvalue weighted by Crippen LogP contribution is 2.31. The van der Waals surface area contributed by atoms with Crippen LogP contribution < -0.4 is 4.57 Å². The van der Waals surface area contributed by atoms with Crippen molar-refractivity contribution in [1.29, 1.82) is 0 Å². The molecule has 234 valence electrons. The summed E-state index contributed by atoms with van der Waals surface area (Å²) in [5.74, 6) is 0.277. The Labute approximate surface area is 272 Å². The summed E-state index contributed by atoms with van der Waals surface area (Å²) >= 11 is 0. The maximum absolute atomic E-state index is 12.5. The molecule has 46 heavy (non-hydrogen) atoms. The van der Waals surface area contributed by atoms with Crippen LogP contribution in [0, 0.1) is 24.7 Å². The van der Waals surface area contributed by atoms with Crippen molar-refractivity contribution >= 4 is 54.8 Å². The molecule has 4 aromatic carbocycles. The molecule has 7 rings (SSSR count). The Morgan fingerprint density at radius 3 is 2.04 bits per heavy atom. The fourth-order valence-corrected chi connectivity index (χ4v) is 6.60. The number of carbonyl (C=O) groups excluding carboxylic acids is 1. The molecule has 0 bridgehead atoms. The van der Waals surface area contributed by atoms with Gasteiger partial charge in [0.25, 0.3) is 0 Å². The number of ketones is 1. The van der Waals surface area contributed by atoms with E-state index in [0.717, 1.165) is 23.3 Å². The normalized spacial score (nSPS) is 12.3. The summed E-state index contributed by atoms with van der Waals surface area (Å²) < 4.78 is 4.36. The van der Waals surface area contributed by atoms with Gasteiger partial charge in [-0.25, -0.2) is 4.98 Å². The van der Waals surface area contributed by atoms with Crippen molar-refractivity contribution in [2.45, 2.75) is 74.8 Å². The van der Waals surface area contributed by atoms with Crippen LogP contribution in [0.3, 0.4) is 0 Å². The van der Waals surface area contributed by atoms with E-state index in [1.54, 1.807) is 0 Å². The highest BCUT2D eigenvalue weighted by molar-refractivity contribution is 6.11. The molecule has 7 aromatic rings. The van der Waals surface area contributed by atoms with E-state index in [2.05, 4.69) is 156 Å². The first-order valence-electron chi connectivity index (χ1n) is 16.4. The van der Waals surface area contributed by atoms with Gasteiger partial charge in [-0.1, -0.05) is 107 Å². The molecule has 4 heteroatoms. The molecule has 0 radical (unpaired) electrons. The SMILES string of the molecule is Cc1ccc2c(c1)c1ccccc1c1nc(CC(C)(C)C)cn21.Cc1ccc2c(c1)c1ccccc1c[n+]2CC(=O)CC(C)(C)C. The Morgan fingerprint density at radius 2 is 1.35 bits per heavy atom. The molecular weight excluding hydrogens is 562 g/mol. The standard InChI is InChI=1S/C21H22N2.C21H24NO/c1-14-9-10-19-18(11-14)16-7-5-6-8-17(16)20-22-15(13-23(19)20)12-21(2,3)4;1-15-9-10-20-19(11-15)18-8-6-5-7-16(18)13-22(20)14-17(23)12-21(2,3)4/h5-11,13H,12H2,1-4H3;5-11,13H,12,14H2,1-4H3/q;+1. The minimum atomic E-state index is 0.0287. The van der Waals surface area contributed by atoms with Gasteiger partial charge in [0.05, 0.1) is 16.6 Å². The number of carbonyl (C=O) groups is 1. The molecule has 0 amide bonds. The van der Waals surface area contributed by atoms with Gasteiger partial charge < -0.3 is 0 Å². The molecule has 0 atom stereocenters. The van der Waals surface area contributed by atoms with Crippen LogP contribution in [0.15, 0.2) is 97.3 Å². The first kappa shape index (κ1) is 31.4. The lowest BCUT2D eigenvalue weighted by Gasteiger charge is -2.15. The molecule has 0 aliphatic heterocycles. The monoisotopic (exact) mass is 608 g/mol. The second-order valence-corrected chi connectivity index (χ2v) is 15.4. The summed E-state index contributed by atoms with van der Waals surface area (Å²) in [7, 11) is 0. The van der Waals surface area contributed by atoms with Crippen molar-refractivity contribution < 1.29 is 9.36 Å². The zero-order valence-electron chi connectivity index (χ0n) is 28.6. The van der Waals surface area contributed by atoms with Crippen molar-refractivity contribution in [3.8, 4) is 0 Å². The topological polar surface area (TPSA) is 38.2 Å². The number of Topliss-reactive ketones (excluding diaryl/α,β-unsaturated/α-hetero) is 1. The third-order valence-electron chi connectivity index (χ3n) is 8.42. The fraction of sp³-hybridized carbons (Fsp3) is 0.310. The van der Waals surface area contributed by atoms with E-state index < -0.39 is 0 Å². The molecule has 0 saturated heterocycles. The van der Waals surface area contributed by atoms with Crippen molar-refractivity contribution in [2.24, 2.45) is 10.8 Å². The maximum atomic E-state index is 12.5. The lowest BCUT2D eigenvalue weighted by molar-refractivity contribution is -0.657. The van der Waals surface area contributed by atoms with Crippen LogP contribution in [-0.4, -0.2) is 15.2 Å². The van der Waals surface area contributed by atoms with E-state index in [1.165, 1.54) is 49.0 Å². The molecule has 0 N–H and O–H groups in total. The molecule has 3 aromatic heterocycles. The van der Waals surface area contributed by atoms with Crippen LogP contribution >= 0.6 is 0 Å². The lowest BCUT2D eigenvalue weighted by atomic mass is 9.90. The Kier molecular flexibility index (Phi) is 8.18. The number of pyridine rings is 2. The van der Waals surface area contributed by atoms with E-state index >= 15 is 0 Å². The van der Waals surface area contributed by atoms with E-state index in [-0.39, 0.29) is 16.6 Å². The Bertz CT molecular complexity index is 2240. The van der Waals surface area contributed by atoms with Crippen molar-refractivity contribution in [2.75, 3.05) is 0 Å². The molecule has 0 saturated carbocycles. The van der Waals surface area contributed by atoms with Gasteiger partial charge in [-0.05, 0) is 60.7 Å². The zero-order valence-corrected chi connectivity index (χ0v) is 28.6. The van der Waals surface area contributed by atoms with Gasteiger partial charge in [-0.2, -0.15) is 4.57 Å². The number of nitrogens with zero attached hydrogens (tertiary/aromatic N) is 3. The summed E-state index contributed by atoms with van der Waals surface area (Å²) in [6.07, 6.45) is 5.90. The molecule has 0 aliphatic carbocycles. The second kappa shape index (κ2) is 12.0. The summed E-state index contributed by atoms with van der Waals surface area (Å²) in [5.41, 5.74) is 7.37. The van der Waals surface area contributed by atoms with E-state index in [4.69, 9.17) is 4.98 Å². The van der Waals surface area contributed by atoms with Gasteiger partial charge in [-0.3, -0.25) is 9.20 Å². The smallest absolute Gasteiger partial charge is 0.213 e. The van der Waals surface area contributed by atoms with Crippen molar-refractivity contribution in [3.05, 3.63) is 114 Å². The maximum Gasteiger partial charge on any atom is 0.213 e. The molecule has 0 aliphatic rings. The largest absolute Gasteiger partial charge is 0.299 e. The quantitative estimate of drug-likeness (QED) is 0.147. The van der Waals surface area contributed by atoms with Crippen molar-refractivity contribution in [1.82, 2.24) is 9.38 Å². The van der Waals surface area contributed by atoms with Crippen LogP contribution in [0.5, 0.6) is 0 Å². The molecular formula is C42H46N3O+. The van der Waals surface area contributed by atoms with Gasteiger partial charge in [0.15, 0.2) is 12.0 Å². The van der Waals surface area contributed by atoms with Crippen LogP contribution in [0.25, 0.3) is 49.0 Å². The van der Waals surface area contributed by atoms with E-state index in [1.807, 2.05) is 6.07 Å². The Hall–Kier alpha value is -4.57. The summed E-state index contributed by atoms with van der Waals surface area (Å²) in [4.78, 5) is 17.4. The molecule has 0 spiro atoms. The predicted molar refractivity (Wildman–Crippen MR) is 194 cm³/mol. The second-order valence-electron chi connectivity index (χ2n) is 15.4. The average Bonchev–Trinajstić information content (AvgIpc) is 3.39. The number of benzene rings is 4. The highest BCUT2D eigenvalue weighted by Gasteiger charge is 2.22. The zero-order chi connectivity index (χ0) is 32.8. The lowest BCUT2D eigenvalue weighted by Crippen LogP contribution is -2.39. The van der Waals surface area contributed by atoms with E-state index in [9.17, 15) is 4.79 Å². The molecule has 4 nitrogen and oxygen atoms in total. The predicted octanol–water partition coefficient (Wildman–Crippen LogP) is 10.1. The van der Waals surface area contributed by atoms with Crippen molar-refractivity contribution in [3.63, 3.8) is 0 Å². The highest BCUT2D eigenvalue weighted by atomic mass is 16.1. The van der Waals surface area contributed by atoms with Gasteiger partial charge in [0.2, 0.25) is 12.1 Å². The molecule has 0 unspecified atom stereocenters. The molecule has 3 heterocycles. The van der Waals surface area contributed by atoms with Gasteiger partial charge in [-0.15, -0.1) is 0 Å². The third kappa shape index (κ3) is 6.67. The minimum absolute atomic E-state index is 0.0287. The van der Waals surface area contributed by atoms with Gasteiger partial charge >= 0.3 is 0 Å². The Balaban J connectivity index is 0.000000162. The minimum Gasteiger partial charge on any atom is -0.299 e. The number of rotatable bonds is 4. The van der Waals surface area contributed by atoms with E-state index in [0.29, 0.717) is 13.0 Å². The average molecular weight is 609 g/mol. The summed E-state index contributed by atoms with van der Waals surface area (Å²) in [6, 6.07) is 30.1. The fourth-order valence-electron chi connectivity index (χ4n) is 6.60.